The average molecular weight is 330 g/mol. The van der Waals surface area contributed by atoms with E-state index in [1.807, 2.05) is 0 Å². The number of piperazine rings is 1. The van der Waals surface area contributed by atoms with E-state index in [2.05, 4.69) is 24.1 Å². The Labute approximate surface area is 135 Å². The van der Waals surface area contributed by atoms with Crippen molar-refractivity contribution >= 4 is 10.2 Å². The molecule has 22 heavy (non-hydrogen) atoms. The lowest BCUT2D eigenvalue weighted by Crippen LogP contribution is -2.57. The molecule has 0 aromatic carbocycles. The zero-order valence-corrected chi connectivity index (χ0v) is 14.7. The van der Waals surface area contributed by atoms with Crippen molar-refractivity contribution in [2.45, 2.75) is 32.7 Å². The number of rotatable bonds is 3. The summed E-state index contributed by atoms with van der Waals surface area (Å²) in [6, 6.07) is 0.597. The van der Waals surface area contributed by atoms with Crippen molar-refractivity contribution in [1.82, 2.24) is 18.8 Å². The molecule has 3 unspecified atom stereocenters. The lowest BCUT2D eigenvalue weighted by atomic mass is 9.94. The van der Waals surface area contributed by atoms with Gasteiger partial charge in [0, 0.05) is 51.9 Å². The quantitative estimate of drug-likeness (QED) is 0.803. The molecule has 3 atom stereocenters. The maximum Gasteiger partial charge on any atom is 0.282 e. The second kappa shape index (κ2) is 6.73. The van der Waals surface area contributed by atoms with Crippen molar-refractivity contribution in [2.24, 2.45) is 11.8 Å². The molecule has 0 amide bonds. The van der Waals surface area contributed by atoms with Crippen LogP contribution >= 0.6 is 0 Å². The van der Waals surface area contributed by atoms with Crippen LogP contribution in [-0.4, -0.2) is 80.3 Å². The molecular formula is C15H30N4O2S. The third-order valence-corrected chi connectivity index (χ3v) is 7.28. The third-order valence-electron chi connectivity index (χ3n) is 5.31. The zero-order chi connectivity index (χ0) is 15.7. The largest absolute Gasteiger partial charge is 0.315 e. The smallest absolute Gasteiger partial charge is 0.282 e. The molecule has 6 nitrogen and oxygen atoms in total. The highest BCUT2D eigenvalue weighted by Crippen LogP contribution is 2.25. The van der Waals surface area contributed by atoms with Gasteiger partial charge in [-0.25, -0.2) is 0 Å². The molecule has 0 saturated carbocycles. The van der Waals surface area contributed by atoms with Gasteiger partial charge in [-0.15, -0.1) is 0 Å². The molecule has 128 valence electrons. The van der Waals surface area contributed by atoms with E-state index < -0.39 is 10.2 Å². The van der Waals surface area contributed by atoms with Crippen molar-refractivity contribution < 1.29 is 8.42 Å². The highest BCUT2D eigenvalue weighted by Gasteiger charge is 2.37. The van der Waals surface area contributed by atoms with E-state index in [1.165, 1.54) is 6.42 Å². The minimum atomic E-state index is -3.27. The Morgan fingerprint density at radius 2 is 1.59 bits per heavy atom. The Balaban J connectivity index is 1.59. The fourth-order valence-electron chi connectivity index (χ4n) is 4.21. The van der Waals surface area contributed by atoms with Crippen molar-refractivity contribution in [1.29, 1.82) is 0 Å². The number of nitrogens with one attached hydrogen (secondary N) is 1. The Bertz CT molecular complexity index is 460. The van der Waals surface area contributed by atoms with Gasteiger partial charge in [0.2, 0.25) is 0 Å². The summed E-state index contributed by atoms with van der Waals surface area (Å²) < 4.78 is 29.2. The van der Waals surface area contributed by atoms with Crippen LogP contribution in [0.25, 0.3) is 0 Å². The molecule has 3 saturated heterocycles. The van der Waals surface area contributed by atoms with E-state index in [1.54, 1.807) is 8.61 Å². The highest BCUT2D eigenvalue weighted by molar-refractivity contribution is 7.86. The van der Waals surface area contributed by atoms with E-state index in [4.69, 9.17) is 0 Å². The first kappa shape index (κ1) is 16.6. The average Bonchev–Trinajstić information content (AvgIpc) is 3.00. The first-order valence-electron chi connectivity index (χ1n) is 8.67. The van der Waals surface area contributed by atoms with Gasteiger partial charge in [0.1, 0.15) is 0 Å². The van der Waals surface area contributed by atoms with Crippen LogP contribution in [0.5, 0.6) is 0 Å². The number of hydrogen-bond donors (Lipinski definition) is 1. The number of piperidine rings is 1. The summed E-state index contributed by atoms with van der Waals surface area (Å²) in [4.78, 5) is 2.45. The van der Waals surface area contributed by atoms with Crippen LogP contribution in [0.3, 0.4) is 0 Å². The minimum Gasteiger partial charge on any atom is -0.315 e. The fraction of sp³-hybridized carbons (Fsp3) is 1.00. The van der Waals surface area contributed by atoms with Gasteiger partial charge in [-0.1, -0.05) is 13.8 Å². The van der Waals surface area contributed by atoms with Gasteiger partial charge < -0.3 is 5.32 Å². The molecule has 3 rings (SSSR count). The Morgan fingerprint density at radius 3 is 2.14 bits per heavy atom. The summed E-state index contributed by atoms with van der Waals surface area (Å²) in [6.45, 7) is 10.8. The van der Waals surface area contributed by atoms with E-state index in [-0.39, 0.29) is 0 Å². The Morgan fingerprint density at radius 1 is 0.955 bits per heavy atom. The third kappa shape index (κ3) is 3.48. The highest BCUT2D eigenvalue weighted by atomic mass is 32.2. The minimum absolute atomic E-state index is 0.462. The molecule has 7 heteroatoms. The van der Waals surface area contributed by atoms with Gasteiger partial charge in [-0.05, 0) is 31.2 Å². The summed E-state index contributed by atoms with van der Waals surface area (Å²) in [6.07, 6.45) is 2.32. The monoisotopic (exact) mass is 330 g/mol. The summed E-state index contributed by atoms with van der Waals surface area (Å²) in [7, 11) is -3.27. The molecule has 0 spiro atoms. The summed E-state index contributed by atoms with van der Waals surface area (Å²) >= 11 is 0. The number of nitrogens with zero attached hydrogens (tertiary/aromatic N) is 3. The van der Waals surface area contributed by atoms with Crippen LogP contribution in [-0.2, 0) is 10.2 Å². The van der Waals surface area contributed by atoms with Crippen molar-refractivity contribution in [2.75, 3.05) is 52.4 Å². The molecule has 0 aliphatic carbocycles. The van der Waals surface area contributed by atoms with Crippen LogP contribution < -0.4 is 5.32 Å². The lowest BCUT2D eigenvalue weighted by Gasteiger charge is -2.41. The van der Waals surface area contributed by atoms with Crippen molar-refractivity contribution in [3.63, 3.8) is 0 Å². The van der Waals surface area contributed by atoms with Crippen molar-refractivity contribution in [3.05, 3.63) is 0 Å². The second-order valence-electron chi connectivity index (χ2n) is 7.35. The van der Waals surface area contributed by atoms with E-state index in [9.17, 15) is 8.42 Å². The van der Waals surface area contributed by atoms with Gasteiger partial charge in [0.15, 0.2) is 0 Å². The Kier molecular flexibility index (Phi) is 5.09. The summed E-state index contributed by atoms with van der Waals surface area (Å²) in [5.74, 6) is 0.925. The van der Waals surface area contributed by atoms with Crippen LogP contribution in [0, 0.1) is 11.8 Å². The summed E-state index contributed by atoms with van der Waals surface area (Å²) in [5, 5.41) is 3.39. The van der Waals surface area contributed by atoms with Crippen LogP contribution in [0.2, 0.25) is 0 Å². The fourth-order valence-corrected chi connectivity index (χ4v) is 6.05. The van der Waals surface area contributed by atoms with Gasteiger partial charge >= 0.3 is 0 Å². The lowest BCUT2D eigenvalue weighted by molar-refractivity contribution is 0.135. The molecule has 0 aromatic heterocycles. The van der Waals surface area contributed by atoms with E-state index in [0.717, 1.165) is 32.6 Å². The molecule has 3 fully saturated rings. The topological polar surface area (TPSA) is 55.9 Å². The molecule has 3 aliphatic heterocycles. The maximum absolute atomic E-state index is 12.9. The molecule has 3 aliphatic rings. The van der Waals surface area contributed by atoms with E-state index >= 15 is 0 Å². The van der Waals surface area contributed by atoms with Crippen LogP contribution in [0.1, 0.15) is 26.7 Å². The predicted octanol–water partition coefficient (Wildman–Crippen LogP) is 0.189. The second-order valence-corrected chi connectivity index (χ2v) is 9.28. The molecular weight excluding hydrogens is 300 g/mol. The van der Waals surface area contributed by atoms with Crippen LogP contribution in [0.15, 0.2) is 0 Å². The van der Waals surface area contributed by atoms with Gasteiger partial charge in [0.25, 0.3) is 10.2 Å². The van der Waals surface area contributed by atoms with Gasteiger partial charge in [-0.3, -0.25) is 4.90 Å². The standard InChI is InChI=1S/C15H30N4O2S/c1-13-9-14(2)12-19(11-13)22(20,21)18-7-5-17(6-8-18)15-3-4-16-10-15/h13-16H,3-12H2,1-2H3. The molecule has 0 bridgehead atoms. The van der Waals surface area contributed by atoms with Gasteiger partial charge in [0.05, 0.1) is 0 Å². The molecule has 1 N–H and O–H groups in total. The van der Waals surface area contributed by atoms with E-state index in [0.29, 0.717) is 44.1 Å². The molecule has 0 aromatic rings. The molecule has 3 heterocycles. The normalized spacial score (nSPS) is 36.7. The summed E-state index contributed by atoms with van der Waals surface area (Å²) in [5.41, 5.74) is 0. The van der Waals surface area contributed by atoms with Crippen LogP contribution in [0.4, 0.5) is 0 Å². The number of hydrogen-bond acceptors (Lipinski definition) is 4. The van der Waals surface area contributed by atoms with Crippen molar-refractivity contribution in [3.8, 4) is 0 Å². The maximum atomic E-state index is 12.9. The Hall–Kier alpha value is -0.210. The van der Waals surface area contributed by atoms with Gasteiger partial charge in [-0.2, -0.15) is 17.0 Å². The first-order valence-corrected chi connectivity index (χ1v) is 10.1. The zero-order valence-electron chi connectivity index (χ0n) is 13.9. The predicted molar refractivity (Wildman–Crippen MR) is 87.9 cm³/mol. The first-order chi connectivity index (χ1) is 10.5. The SMILES string of the molecule is CC1CC(C)CN(S(=O)(=O)N2CCN(C3CCNC3)CC2)C1. The molecule has 0 radical (unpaired) electrons.